The number of benzene rings is 2. The maximum Gasteiger partial charge on any atom is 0.165 e. The Balaban J connectivity index is 1.69. The van der Waals surface area contributed by atoms with Gasteiger partial charge in [0, 0.05) is 28.8 Å². The van der Waals surface area contributed by atoms with Crippen molar-refractivity contribution in [2.45, 2.75) is 19.6 Å². The number of pyridine rings is 1. The number of aliphatic hydroxyl groups excluding tert-OH is 1. The summed E-state index contributed by atoms with van der Waals surface area (Å²) in [6.07, 6.45) is 0.814. The van der Waals surface area contributed by atoms with Gasteiger partial charge in [0.05, 0.1) is 44.1 Å². The van der Waals surface area contributed by atoms with Crippen LogP contribution >= 0.6 is 0 Å². The average molecular weight is 471 g/mol. The summed E-state index contributed by atoms with van der Waals surface area (Å²) in [7, 11) is 1.58. The number of carbonyl (C=O) groups is 1. The van der Waals surface area contributed by atoms with Crippen LogP contribution in [0.15, 0.2) is 54.6 Å². The van der Waals surface area contributed by atoms with Crippen LogP contribution in [0.1, 0.15) is 22.8 Å². The fourth-order valence-corrected chi connectivity index (χ4v) is 4.36. The highest BCUT2D eigenvalue weighted by Crippen LogP contribution is 2.32. The summed E-state index contributed by atoms with van der Waals surface area (Å²) < 4.78 is 11.0. The van der Waals surface area contributed by atoms with Gasteiger partial charge in [0.15, 0.2) is 11.5 Å². The van der Waals surface area contributed by atoms with E-state index in [4.69, 9.17) is 24.4 Å². The smallest absolute Gasteiger partial charge is 0.165 e. The number of methoxy groups -OCH3 is 1. The van der Waals surface area contributed by atoms with Crippen LogP contribution in [0.25, 0.3) is 33.7 Å². The Morgan fingerprint density at radius 3 is 2.77 bits per heavy atom. The Labute approximate surface area is 203 Å². The average Bonchev–Trinajstić information content (AvgIpc) is 2.92. The molecule has 2 aromatic carbocycles. The minimum atomic E-state index is -0.136. The minimum Gasteiger partial charge on any atom is -0.496 e. The molecule has 1 aliphatic rings. The maximum absolute atomic E-state index is 11.4. The molecule has 5 rings (SSSR count). The van der Waals surface area contributed by atoms with E-state index >= 15 is 0 Å². The van der Waals surface area contributed by atoms with Crippen molar-refractivity contribution >= 4 is 23.1 Å². The van der Waals surface area contributed by atoms with E-state index in [0.717, 1.165) is 34.3 Å². The molecule has 0 radical (unpaired) electrons. The Morgan fingerprint density at radius 1 is 1.11 bits per heavy atom. The SMILES string of the molecule is COc1ccc(-c2ccc3c(N4CCOC[C@@H]4C)nc(-c4cccc(C=O)c4)nc3n2)cc1CO. The number of aromatic nitrogens is 3. The van der Waals surface area contributed by atoms with Crippen LogP contribution in [0, 0.1) is 0 Å². The summed E-state index contributed by atoms with van der Waals surface area (Å²) >= 11 is 0. The Kier molecular flexibility index (Phi) is 6.39. The quantitative estimate of drug-likeness (QED) is 0.424. The first-order chi connectivity index (χ1) is 17.1. The summed E-state index contributed by atoms with van der Waals surface area (Å²) in [4.78, 5) is 28.2. The van der Waals surface area contributed by atoms with Crippen molar-refractivity contribution in [2.75, 3.05) is 31.8 Å². The molecule has 1 saturated heterocycles. The van der Waals surface area contributed by atoms with Crippen molar-refractivity contribution < 1.29 is 19.4 Å². The minimum absolute atomic E-state index is 0.136. The van der Waals surface area contributed by atoms with E-state index < -0.39 is 0 Å². The number of hydrogen-bond donors (Lipinski definition) is 1. The fraction of sp³-hybridized carbons (Fsp3) is 0.259. The summed E-state index contributed by atoms with van der Waals surface area (Å²) in [6, 6.07) is 16.9. The Morgan fingerprint density at radius 2 is 2.00 bits per heavy atom. The van der Waals surface area contributed by atoms with Gasteiger partial charge >= 0.3 is 0 Å². The first kappa shape index (κ1) is 22.9. The van der Waals surface area contributed by atoms with E-state index in [1.807, 2.05) is 42.5 Å². The van der Waals surface area contributed by atoms with Crippen molar-refractivity contribution in [3.8, 4) is 28.4 Å². The molecule has 0 amide bonds. The van der Waals surface area contributed by atoms with Gasteiger partial charge in [-0.15, -0.1) is 0 Å². The summed E-state index contributed by atoms with van der Waals surface area (Å²) in [5.41, 5.74) is 4.12. The first-order valence-electron chi connectivity index (χ1n) is 11.5. The van der Waals surface area contributed by atoms with Gasteiger partial charge < -0.3 is 19.5 Å². The predicted molar refractivity (Wildman–Crippen MR) is 134 cm³/mol. The molecule has 1 N–H and O–H groups in total. The second-order valence-electron chi connectivity index (χ2n) is 8.48. The second-order valence-corrected chi connectivity index (χ2v) is 8.48. The topological polar surface area (TPSA) is 97.7 Å². The van der Waals surface area contributed by atoms with Crippen LogP contribution in [0.5, 0.6) is 5.75 Å². The lowest BCUT2D eigenvalue weighted by Crippen LogP contribution is -2.44. The molecule has 2 aromatic heterocycles. The molecule has 35 heavy (non-hydrogen) atoms. The molecule has 0 bridgehead atoms. The Hall–Kier alpha value is -3.88. The zero-order valence-electron chi connectivity index (χ0n) is 19.6. The van der Waals surface area contributed by atoms with E-state index in [1.54, 1.807) is 19.2 Å². The van der Waals surface area contributed by atoms with Gasteiger partial charge in [0.2, 0.25) is 0 Å². The number of anilines is 1. The third-order valence-corrected chi connectivity index (χ3v) is 6.21. The van der Waals surface area contributed by atoms with Crippen molar-refractivity contribution in [3.63, 3.8) is 0 Å². The largest absolute Gasteiger partial charge is 0.496 e. The number of aliphatic hydroxyl groups is 1. The molecule has 0 unspecified atom stereocenters. The Bertz CT molecular complexity index is 1390. The third kappa shape index (κ3) is 4.45. The number of rotatable bonds is 6. The van der Waals surface area contributed by atoms with E-state index in [0.29, 0.717) is 48.1 Å². The zero-order chi connectivity index (χ0) is 24.4. The van der Waals surface area contributed by atoms with Gasteiger partial charge in [0.25, 0.3) is 0 Å². The van der Waals surface area contributed by atoms with Crippen molar-refractivity contribution in [2.24, 2.45) is 0 Å². The molecule has 1 aliphatic heterocycles. The van der Waals surface area contributed by atoms with E-state index in [1.165, 1.54) is 0 Å². The second kappa shape index (κ2) is 9.77. The summed E-state index contributed by atoms with van der Waals surface area (Å²) in [5.74, 6) is 1.92. The van der Waals surface area contributed by atoms with Crippen LogP contribution < -0.4 is 9.64 Å². The number of ether oxygens (including phenoxy) is 2. The molecular formula is C27H26N4O4. The standard InChI is InChI=1S/C27H26N4O4/c1-17-16-35-11-10-31(17)27-22-7-8-23(19-6-9-24(34-2)21(13-19)15-33)28-26(22)29-25(30-27)20-5-3-4-18(12-20)14-32/h3-9,12-14,17,33H,10-11,15-16H2,1-2H3/t17-/m0/s1. The fourth-order valence-electron chi connectivity index (χ4n) is 4.36. The molecule has 8 heteroatoms. The maximum atomic E-state index is 11.4. The van der Waals surface area contributed by atoms with Gasteiger partial charge in [-0.3, -0.25) is 4.79 Å². The van der Waals surface area contributed by atoms with Gasteiger partial charge in [-0.25, -0.2) is 15.0 Å². The highest BCUT2D eigenvalue weighted by Gasteiger charge is 2.24. The molecule has 1 fully saturated rings. The number of fused-ring (bicyclic) bond motifs is 1. The summed E-state index contributed by atoms with van der Waals surface area (Å²) in [6.45, 7) is 3.91. The molecule has 1 atom stereocenters. The van der Waals surface area contributed by atoms with E-state index in [-0.39, 0.29) is 12.6 Å². The number of nitrogens with zero attached hydrogens (tertiary/aromatic N) is 4. The number of hydrogen-bond acceptors (Lipinski definition) is 8. The summed E-state index contributed by atoms with van der Waals surface area (Å²) in [5, 5.41) is 10.6. The van der Waals surface area contributed by atoms with Gasteiger partial charge in [-0.2, -0.15) is 0 Å². The van der Waals surface area contributed by atoms with Crippen LogP contribution in [0.2, 0.25) is 0 Å². The zero-order valence-corrected chi connectivity index (χ0v) is 19.6. The van der Waals surface area contributed by atoms with Gasteiger partial charge in [0.1, 0.15) is 17.9 Å². The van der Waals surface area contributed by atoms with Gasteiger partial charge in [-0.05, 0) is 43.3 Å². The van der Waals surface area contributed by atoms with Crippen molar-refractivity contribution in [1.29, 1.82) is 0 Å². The molecular weight excluding hydrogens is 444 g/mol. The lowest BCUT2D eigenvalue weighted by molar-refractivity contribution is 0.0987. The molecule has 0 spiro atoms. The molecule has 178 valence electrons. The first-order valence-corrected chi connectivity index (χ1v) is 11.5. The number of morpholine rings is 1. The van der Waals surface area contributed by atoms with Crippen LogP contribution in [0.4, 0.5) is 5.82 Å². The van der Waals surface area contributed by atoms with E-state index in [9.17, 15) is 9.90 Å². The number of carbonyl (C=O) groups excluding carboxylic acids is 1. The number of aldehydes is 1. The molecule has 8 nitrogen and oxygen atoms in total. The predicted octanol–water partition coefficient (Wildman–Crippen LogP) is 3.90. The molecule has 0 saturated carbocycles. The van der Waals surface area contributed by atoms with Crippen LogP contribution in [-0.2, 0) is 11.3 Å². The lowest BCUT2D eigenvalue weighted by atomic mass is 10.1. The van der Waals surface area contributed by atoms with E-state index in [2.05, 4.69) is 11.8 Å². The lowest BCUT2D eigenvalue weighted by Gasteiger charge is -2.35. The normalized spacial score (nSPS) is 15.9. The highest BCUT2D eigenvalue weighted by atomic mass is 16.5. The van der Waals surface area contributed by atoms with Crippen LogP contribution in [-0.4, -0.2) is 59.3 Å². The van der Waals surface area contributed by atoms with Crippen LogP contribution in [0.3, 0.4) is 0 Å². The monoisotopic (exact) mass is 470 g/mol. The molecule has 0 aliphatic carbocycles. The van der Waals surface area contributed by atoms with Gasteiger partial charge in [-0.1, -0.05) is 18.2 Å². The van der Waals surface area contributed by atoms with Crippen molar-refractivity contribution in [1.82, 2.24) is 15.0 Å². The third-order valence-electron chi connectivity index (χ3n) is 6.21. The molecule has 3 heterocycles. The molecule has 4 aromatic rings. The van der Waals surface area contributed by atoms with Crippen molar-refractivity contribution in [3.05, 3.63) is 65.7 Å². The highest BCUT2D eigenvalue weighted by molar-refractivity contribution is 5.91.